The van der Waals surface area contributed by atoms with Gasteiger partial charge in [0.2, 0.25) is 0 Å². The fraction of sp³-hybridized carbons (Fsp3) is 1.00. The van der Waals surface area contributed by atoms with Crippen molar-refractivity contribution in [2.75, 3.05) is 27.3 Å². The van der Waals surface area contributed by atoms with Crippen LogP contribution in [0.2, 0.25) is 0 Å². The van der Waals surface area contributed by atoms with E-state index in [0.717, 1.165) is 0 Å². The summed E-state index contributed by atoms with van der Waals surface area (Å²) in [5, 5.41) is 21.6. The van der Waals surface area contributed by atoms with Gasteiger partial charge in [0.25, 0.3) is 0 Å². The highest BCUT2D eigenvalue weighted by Gasteiger charge is 2.54. The second-order valence-corrected chi connectivity index (χ2v) is 2.98. The molecule has 0 saturated carbocycles. The molecule has 1 saturated heterocycles. The summed E-state index contributed by atoms with van der Waals surface area (Å²) in [6.07, 6.45) is 1.42. The molecular weight excluding hydrogens is 144 g/mol. The van der Waals surface area contributed by atoms with E-state index in [1.807, 2.05) is 24.1 Å². The van der Waals surface area contributed by atoms with E-state index in [4.69, 9.17) is 10.2 Å². The van der Waals surface area contributed by atoms with E-state index >= 15 is 0 Å². The molecule has 0 aromatic rings. The maximum atomic E-state index is 8.77. The summed E-state index contributed by atoms with van der Waals surface area (Å²) in [6, 6.07) is 0. The third-order valence-corrected chi connectivity index (χ3v) is 2.64. The van der Waals surface area contributed by atoms with Crippen molar-refractivity contribution in [2.45, 2.75) is 18.5 Å². The molecule has 2 unspecified atom stereocenters. The van der Waals surface area contributed by atoms with Crippen LogP contribution in [0.4, 0.5) is 0 Å². The van der Waals surface area contributed by atoms with E-state index < -0.39 is 0 Å². The van der Waals surface area contributed by atoms with Crippen LogP contribution in [-0.4, -0.2) is 53.2 Å². The van der Waals surface area contributed by atoms with Crippen molar-refractivity contribution < 1.29 is 10.2 Å². The van der Waals surface area contributed by atoms with Gasteiger partial charge in [0.05, 0.1) is 0 Å². The molecule has 1 fully saturated rings. The summed E-state index contributed by atoms with van der Waals surface area (Å²) in [7, 11) is 3.93. The quantitative estimate of drug-likeness (QED) is 0.531. The number of nitrogens with zero attached hydrogens (tertiary/aromatic N) is 2. The van der Waals surface area contributed by atoms with Crippen molar-refractivity contribution in [3.63, 3.8) is 0 Å². The van der Waals surface area contributed by atoms with Gasteiger partial charge in [0.1, 0.15) is 5.66 Å². The summed E-state index contributed by atoms with van der Waals surface area (Å²) in [6.45, 7) is 0.351. The minimum Gasteiger partial charge on any atom is -0.396 e. The van der Waals surface area contributed by atoms with Crippen molar-refractivity contribution >= 4 is 0 Å². The van der Waals surface area contributed by atoms with Gasteiger partial charge in [-0.15, -0.1) is 0 Å². The number of rotatable bonds is 4. The molecule has 1 aliphatic heterocycles. The minimum absolute atomic E-state index is 0.0660. The fourth-order valence-electron chi connectivity index (χ4n) is 1.67. The van der Waals surface area contributed by atoms with Crippen LogP contribution in [0.15, 0.2) is 0 Å². The van der Waals surface area contributed by atoms with E-state index in [2.05, 4.69) is 0 Å². The number of hydrazine groups is 1. The average Bonchev–Trinajstić information content (AvgIpc) is 2.44. The molecule has 0 radical (unpaired) electrons. The predicted octanol–water partition coefficient (Wildman–Crippen LogP) is -0.760. The van der Waals surface area contributed by atoms with Gasteiger partial charge in [-0.05, 0) is 0 Å². The van der Waals surface area contributed by atoms with Crippen LogP contribution in [0.3, 0.4) is 0 Å². The zero-order valence-electron chi connectivity index (χ0n) is 7.12. The van der Waals surface area contributed by atoms with Gasteiger partial charge >= 0.3 is 0 Å². The highest BCUT2D eigenvalue weighted by molar-refractivity contribution is 4.96. The van der Waals surface area contributed by atoms with Crippen LogP contribution in [0.25, 0.3) is 0 Å². The molecule has 1 aliphatic rings. The first-order valence-electron chi connectivity index (χ1n) is 3.88. The number of aliphatic hydroxyl groups is 2. The minimum atomic E-state index is -0.0660. The van der Waals surface area contributed by atoms with Crippen molar-refractivity contribution in [1.82, 2.24) is 10.0 Å². The smallest absolute Gasteiger partial charge is 0.104 e. The third kappa shape index (κ3) is 1.27. The van der Waals surface area contributed by atoms with Crippen LogP contribution in [0, 0.1) is 0 Å². The first-order chi connectivity index (χ1) is 5.19. The molecule has 66 valence electrons. The van der Waals surface area contributed by atoms with E-state index in [1.54, 1.807) is 0 Å². The monoisotopic (exact) mass is 160 g/mol. The van der Waals surface area contributed by atoms with Gasteiger partial charge in [-0.1, -0.05) is 0 Å². The standard InChI is InChI=1S/C7H16N2O2/c1-8-7(3-5-10,4-6-11)9(8)2/h10-11H,3-6H2,1-2H3. The average molecular weight is 160 g/mol. The molecule has 1 rings (SSSR count). The molecule has 0 amide bonds. The Labute approximate surface area is 67.0 Å². The maximum absolute atomic E-state index is 8.77. The zero-order chi connectivity index (χ0) is 8.48. The molecule has 4 heteroatoms. The Morgan fingerprint density at radius 1 is 1.00 bits per heavy atom. The highest BCUT2D eigenvalue weighted by Crippen LogP contribution is 2.40. The molecule has 2 N–H and O–H groups in total. The number of hydrogen-bond acceptors (Lipinski definition) is 4. The lowest BCUT2D eigenvalue weighted by Gasteiger charge is -2.10. The fourth-order valence-corrected chi connectivity index (χ4v) is 1.67. The van der Waals surface area contributed by atoms with Gasteiger partial charge in [-0.3, -0.25) is 0 Å². The SMILES string of the molecule is CN1N(C)C1(CCO)CCO. The second kappa shape index (κ2) is 3.06. The van der Waals surface area contributed by atoms with Gasteiger partial charge in [-0.2, -0.15) is 0 Å². The molecule has 0 aromatic heterocycles. The van der Waals surface area contributed by atoms with Crippen molar-refractivity contribution in [3.05, 3.63) is 0 Å². The molecule has 4 nitrogen and oxygen atoms in total. The van der Waals surface area contributed by atoms with Crippen LogP contribution in [-0.2, 0) is 0 Å². The largest absolute Gasteiger partial charge is 0.396 e. The Morgan fingerprint density at radius 2 is 1.36 bits per heavy atom. The predicted molar refractivity (Wildman–Crippen MR) is 41.7 cm³/mol. The lowest BCUT2D eigenvalue weighted by atomic mass is 10.1. The van der Waals surface area contributed by atoms with Crippen molar-refractivity contribution in [3.8, 4) is 0 Å². The van der Waals surface area contributed by atoms with E-state index in [0.29, 0.717) is 12.8 Å². The number of hydrogen-bond donors (Lipinski definition) is 2. The number of aliphatic hydroxyl groups excluding tert-OH is 2. The van der Waals surface area contributed by atoms with Crippen LogP contribution >= 0.6 is 0 Å². The molecule has 0 spiro atoms. The molecule has 2 atom stereocenters. The Morgan fingerprint density at radius 3 is 1.55 bits per heavy atom. The summed E-state index contributed by atoms with van der Waals surface area (Å²) in [5.41, 5.74) is -0.0660. The van der Waals surface area contributed by atoms with Crippen LogP contribution < -0.4 is 0 Å². The summed E-state index contributed by atoms with van der Waals surface area (Å²) < 4.78 is 0. The molecule has 11 heavy (non-hydrogen) atoms. The lowest BCUT2D eigenvalue weighted by Crippen LogP contribution is -2.22. The topological polar surface area (TPSA) is 46.5 Å². The van der Waals surface area contributed by atoms with Gasteiger partial charge < -0.3 is 10.2 Å². The molecule has 0 aliphatic carbocycles. The summed E-state index contributed by atoms with van der Waals surface area (Å²) in [4.78, 5) is 0. The maximum Gasteiger partial charge on any atom is 0.104 e. The van der Waals surface area contributed by atoms with E-state index in [9.17, 15) is 0 Å². The Kier molecular flexibility index (Phi) is 2.49. The first-order valence-corrected chi connectivity index (χ1v) is 3.88. The molecule has 0 aromatic carbocycles. The molecule has 1 heterocycles. The van der Waals surface area contributed by atoms with Crippen LogP contribution in [0.5, 0.6) is 0 Å². The summed E-state index contributed by atoms with van der Waals surface area (Å²) in [5.74, 6) is 0. The van der Waals surface area contributed by atoms with Gasteiger partial charge in [0, 0.05) is 40.2 Å². The Bertz CT molecular complexity index is 124. The van der Waals surface area contributed by atoms with Crippen molar-refractivity contribution in [2.24, 2.45) is 0 Å². The van der Waals surface area contributed by atoms with Gasteiger partial charge in [-0.25, -0.2) is 10.0 Å². The van der Waals surface area contributed by atoms with Gasteiger partial charge in [0.15, 0.2) is 0 Å². The highest BCUT2D eigenvalue weighted by atomic mass is 16.3. The lowest BCUT2D eigenvalue weighted by molar-refractivity contribution is 0.206. The second-order valence-electron chi connectivity index (χ2n) is 2.98. The van der Waals surface area contributed by atoms with E-state index in [1.165, 1.54) is 0 Å². The Balaban J connectivity index is 2.47. The van der Waals surface area contributed by atoms with Crippen LogP contribution in [0.1, 0.15) is 12.8 Å². The molecule has 0 bridgehead atoms. The molecular formula is C7H16N2O2. The Hall–Kier alpha value is -0.160. The first kappa shape index (κ1) is 8.93. The van der Waals surface area contributed by atoms with E-state index in [-0.39, 0.29) is 18.9 Å². The third-order valence-electron chi connectivity index (χ3n) is 2.64. The zero-order valence-corrected chi connectivity index (χ0v) is 7.12. The normalized spacial score (nSPS) is 33.8. The van der Waals surface area contributed by atoms with Crippen molar-refractivity contribution in [1.29, 1.82) is 0 Å². The summed E-state index contributed by atoms with van der Waals surface area (Å²) >= 11 is 0.